The summed E-state index contributed by atoms with van der Waals surface area (Å²) >= 11 is 5.88. The van der Waals surface area contributed by atoms with E-state index in [-0.39, 0.29) is 11.4 Å². The van der Waals surface area contributed by atoms with Gasteiger partial charge in [-0.05, 0) is 30.3 Å². The highest BCUT2D eigenvalue weighted by Gasteiger charge is 2.20. The first kappa shape index (κ1) is 19.9. The standard InChI is InChI=1S/C19H14ClF3N6O/c20-12-5-10(1-2-13(12)21)18-19(28(9-26-18)8-15(22)23)14-3-4-17-25-7-11(6-16(24)30)29(17)27-14/h1-5,7,9,15H,6,8H2,(H2,24,30). The third kappa shape index (κ3) is 3.73. The van der Waals surface area contributed by atoms with Crippen molar-refractivity contribution in [2.24, 2.45) is 5.73 Å². The van der Waals surface area contributed by atoms with Crippen LogP contribution in [0.2, 0.25) is 5.02 Å². The molecule has 0 bridgehead atoms. The Morgan fingerprint density at radius 3 is 2.70 bits per heavy atom. The van der Waals surface area contributed by atoms with Crippen molar-refractivity contribution in [1.82, 2.24) is 24.1 Å². The molecule has 154 valence electrons. The number of nitrogens with two attached hydrogens (primary N) is 1. The lowest BCUT2D eigenvalue weighted by Gasteiger charge is -2.11. The molecule has 0 saturated heterocycles. The molecule has 0 atom stereocenters. The largest absolute Gasteiger partial charge is 0.369 e. The molecule has 2 N–H and O–H groups in total. The van der Waals surface area contributed by atoms with Crippen molar-refractivity contribution < 1.29 is 18.0 Å². The van der Waals surface area contributed by atoms with Gasteiger partial charge in [-0.2, -0.15) is 5.10 Å². The Morgan fingerprint density at radius 2 is 2.00 bits per heavy atom. The lowest BCUT2D eigenvalue weighted by molar-refractivity contribution is -0.117. The number of aromatic nitrogens is 5. The predicted octanol–water partition coefficient (Wildman–Crippen LogP) is 3.35. The fourth-order valence-corrected chi connectivity index (χ4v) is 3.32. The molecule has 0 aliphatic heterocycles. The number of alkyl halides is 2. The Balaban J connectivity index is 1.90. The summed E-state index contributed by atoms with van der Waals surface area (Å²) in [6.07, 6.45) is 0.00515. The van der Waals surface area contributed by atoms with E-state index in [9.17, 15) is 18.0 Å². The zero-order valence-electron chi connectivity index (χ0n) is 15.3. The van der Waals surface area contributed by atoms with Crippen LogP contribution in [-0.2, 0) is 17.8 Å². The SMILES string of the molecule is NC(=O)Cc1cnc2ccc(-c3c(-c4ccc(F)c(Cl)c4)ncn3CC(F)F)nn12. The number of carbonyl (C=O) groups excluding carboxylic acids is 1. The minimum atomic E-state index is -2.63. The van der Waals surface area contributed by atoms with E-state index in [0.717, 1.165) is 0 Å². The molecule has 0 spiro atoms. The molecule has 4 aromatic rings. The van der Waals surface area contributed by atoms with Crippen LogP contribution in [0.3, 0.4) is 0 Å². The molecule has 0 unspecified atom stereocenters. The van der Waals surface area contributed by atoms with E-state index in [4.69, 9.17) is 17.3 Å². The summed E-state index contributed by atoms with van der Waals surface area (Å²) < 4.78 is 42.6. The topological polar surface area (TPSA) is 91.1 Å². The number of primary amides is 1. The van der Waals surface area contributed by atoms with Crippen LogP contribution in [0, 0.1) is 5.82 Å². The molecular formula is C19H14ClF3N6O. The average Bonchev–Trinajstić information content (AvgIpc) is 3.27. The van der Waals surface area contributed by atoms with Gasteiger partial charge in [-0.25, -0.2) is 27.7 Å². The summed E-state index contributed by atoms with van der Waals surface area (Å²) in [5.74, 6) is -1.17. The molecule has 0 aliphatic rings. The predicted molar refractivity (Wildman–Crippen MR) is 104 cm³/mol. The Kier molecular flexibility index (Phi) is 5.17. The maximum atomic E-state index is 13.6. The smallest absolute Gasteiger partial charge is 0.256 e. The van der Waals surface area contributed by atoms with Crippen LogP contribution in [0.5, 0.6) is 0 Å². The molecule has 0 radical (unpaired) electrons. The molecule has 1 amide bonds. The second kappa shape index (κ2) is 7.79. The van der Waals surface area contributed by atoms with E-state index in [2.05, 4.69) is 15.1 Å². The van der Waals surface area contributed by atoms with Crippen molar-refractivity contribution in [3.05, 3.63) is 59.4 Å². The Morgan fingerprint density at radius 1 is 1.20 bits per heavy atom. The van der Waals surface area contributed by atoms with E-state index in [1.807, 2.05) is 0 Å². The number of carbonyl (C=O) groups is 1. The van der Waals surface area contributed by atoms with Crippen molar-refractivity contribution in [3.63, 3.8) is 0 Å². The summed E-state index contributed by atoms with van der Waals surface area (Å²) in [7, 11) is 0. The third-order valence-corrected chi connectivity index (χ3v) is 4.69. The number of halogens is 4. The van der Waals surface area contributed by atoms with Gasteiger partial charge in [0.25, 0.3) is 6.43 Å². The van der Waals surface area contributed by atoms with Crippen molar-refractivity contribution in [3.8, 4) is 22.6 Å². The number of hydrogen-bond donors (Lipinski definition) is 1. The van der Waals surface area contributed by atoms with Crippen molar-refractivity contribution in [2.45, 2.75) is 19.4 Å². The van der Waals surface area contributed by atoms with Gasteiger partial charge in [0, 0.05) is 5.56 Å². The number of nitrogens with zero attached hydrogens (tertiary/aromatic N) is 5. The van der Waals surface area contributed by atoms with Gasteiger partial charge in [0.1, 0.15) is 11.5 Å². The van der Waals surface area contributed by atoms with Gasteiger partial charge in [0.2, 0.25) is 5.91 Å². The maximum absolute atomic E-state index is 13.6. The first-order chi connectivity index (χ1) is 14.3. The Hall–Kier alpha value is -3.40. The lowest BCUT2D eigenvalue weighted by atomic mass is 10.1. The molecule has 0 saturated carbocycles. The number of hydrogen-bond acceptors (Lipinski definition) is 4. The van der Waals surface area contributed by atoms with E-state index < -0.39 is 24.7 Å². The number of benzene rings is 1. The van der Waals surface area contributed by atoms with E-state index in [0.29, 0.717) is 34.0 Å². The number of imidazole rings is 2. The first-order valence-corrected chi connectivity index (χ1v) is 9.12. The normalized spacial score (nSPS) is 11.5. The first-order valence-electron chi connectivity index (χ1n) is 8.74. The number of amides is 1. The van der Waals surface area contributed by atoms with E-state index >= 15 is 0 Å². The maximum Gasteiger partial charge on any atom is 0.256 e. The summed E-state index contributed by atoms with van der Waals surface area (Å²) in [4.78, 5) is 19.7. The number of fused-ring (bicyclic) bond motifs is 1. The van der Waals surface area contributed by atoms with Gasteiger partial charge < -0.3 is 10.3 Å². The summed E-state index contributed by atoms with van der Waals surface area (Å²) in [6.45, 7) is -0.616. The highest BCUT2D eigenvalue weighted by Crippen LogP contribution is 2.32. The molecule has 1 aromatic carbocycles. The van der Waals surface area contributed by atoms with Crippen molar-refractivity contribution >= 4 is 23.2 Å². The number of rotatable bonds is 6. The molecular weight excluding hydrogens is 421 g/mol. The van der Waals surface area contributed by atoms with Gasteiger partial charge in [-0.1, -0.05) is 11.6 Å². The molecule has 4 rings (SSSR count). The fourth-order valence-electron chi connectivity index (χ4n) is 3.14. The average molecular weight is 435 g/mol. The van der Waals surface area contributed by atoms with Crippen molar-refractivity contribution in [1.29, 1.82) is 0 Å². The van der Waals surface area contributed by atoms with Gasteiger partial charge in [-0.15, -0.1) is 0 Å². The minimum absolute atomic E-state index is 0.0889. The second-order valence-electron chi connectivity index (χ2n) is 6.50. The van der Waals surface area contributed by atoms with Gasteiger partial charge in [0.05, 0.1) is 47.6 Å². The fraction of sp³-hybridized carbons (Fsp3) is 0.158. The molecule has 11 heteroatoms. The van der Waals surface area contributed by atoms with Crippen LogP contribution in [0.15, 0.2) is 42.9 Å². The van der Waals surface area contributed by atoms with Crippen molar-refractivity contribution in [2.75, 3.05) is 0 Å². The molecule has 0 aliphatic carbocycles. The lowest BCUT2D eigenvalue weighted by Crippen LogP contribution is -2.15. The zero-order valence-corrected chi connectivity index (χ0v) is 16.0. The van der Waals surface area contributed by atoms with Crippen LogP contribution < -0.4 is 5.73 Å². The highest BCUT2D eigenvalue weighted by atomic mass is 35.5. The quantitative estimate of drug-likeness (QED) is 0.504. The van der Waals surface area contributed by atoms with Gasteiger partial charge in [-0.3, -0.25) is 4.79 Å². The molecule has 3 aromatic heterocycles. The Bertz CT molecular complexity index is 1250. The van der Waals surface area contributed by atoms with Crippen LogP contribution in [0.4, 0.5) is 13.2 Å². The molecule has 7 nitrogen and oxygen atoms in total. The minimum Gasteiger partial charge on any atom is -0.369 e. The summed E-state index contributed by atoms with van der Waals surface area (Å²) in [5, 5.41) is 4.34. The van der Waals surface area contributed by atoms with Crippen LogP contribution in [0.25, 0.3) is 28.3 Å². The monoisotopic (exact) mass is 434 g/mol. The summed E-state index contributed by atoms with van der Waals surface area (Å²) in [5.41, 5.74) is 7.51. The molecule has 0 fully saturated rings. The van der Waals surface area contributed by atoms with Crippen LogP contribution in [-0.4, -0.2) is 36.5 Å². The Labute approximate surface area is 172 Å². The second-order valence-corrected chi connectivity index (χ2v) is 6.90. The molecule has 3 heterocycles. The zero-order chi connectivity index (χ0) is 21.4. The van der Waals surface area contributed by atoms with Crippen LogP contribution in [0.1, 0.15) is 5.69 Å². The molecule has 30 heavy (non-hydrogen) atoms. The van der Waals surface area contributed by atoms with Gasteiger partial charge >= 0.3 is 0 Å². The highest BCUT2D eigenvalue weighted by molar-refractivity contribution is 6.31. The third-order valence-electron chi connectivity index (χ3n) is 4.40. The van der Waals surface area contributed by atoms with Gasteiger partial charge in [0.15, 0.2) is 5.65 Å². The van der Waals surface area contributed by atoms with E-state index in [1.54, 1.807) is 12.1 Å². The van der Waals surface area contributed by atoms with Crippen LogP contribution >= 0.6 is 11.6 Å². The summed E-state index contributed by atoms with van der Waals surface area (Å²) in [6, 6.07) is 7.22. The van der Waals surface area contributed by atoms with E-state index in [1.165, 1.54) is 39.8 Å².